The minimum Gasteiger partial charge on any atom is -0.366 e. The van der Waals surface area contributed by atoms with Gasteiger partial charge >= 0.3 is 0 Å². The van der Waals surface area contributed by atoms with Gasteiger partial charge in [-0.3, -0.25) is 9.78 Å². The van der Waals surface area contributed by atoms with Crippen molar-refractivity contribution < 1.29 is 0 Å². The maximum absolute atomic E-state index is 5.38. The molecular weight excluding hydrogens is 236 g/mol. The van der Waals surface area contributed by atoms with Gasteiger partial charge in [0.25, 0.3) is 0 Å². The molecule has 0 aromatic carbocycles. The van der Waals surface area contributed by atoms with E-state index in [2.05, 4.69) is 36.2 Å². The standard InChI is InChI=1S/C6H7BrN6/c1-13-4(7)3(2-9-13)5-10-6(8)12-11-5/h2H,1H3,(H3,8,10,11,12). The van der Waals surface area contributed by atoms with Crippen molar-refractivity contribution >= 4 is 21.9 Å². The van der Waals surface area contributed by atoms with Gasteiger partial charge in [-0.25, -0.2) is 0 Å². The molecule has 0 aliphatic carbocycles. The molecule has 0 amide bonds. The Kier molecular flexibility index (Phi) is 1.80. The maximum Gasteiger partial charge on any atom is 0.239 e. The highest BCUT2D eigenvalue weighted by Gasteiger charge is 2.10. The lowest BCUT2D eigenvalue weighted by atomic mass is 10.3. The summed E-state index contributed by atoms with van der Waals surface area (Å²) >= 11 is 3.37. The molecule has 2 aromatic heterocycles. The zero-order chi connectivity index (χ0) is 9.42. The zero-order valence-electron chi connectivity index (χ0n) is 6.82. The Morgan fingerprint density at radius 2 is 2.38 bits per heavy atom. The molecule has 2 aromatic rings. The number of aromatic nitrogens is 5. The van der Waals surface area contributed by atoms with Gasteiger partial charge in [-0.15, -0.1) is 5.10 Å². The van der Waals surface area contributed by atoms with Gasteiger partial charge in [0.2, 0.25) is 5.95 Å². The van der Waals surface area contributed by atoms with Crippen LogP contribution in [0.3, 0.4) is 0 Å². The minimum atomic E-state index is 0.228. The fraction of sp³-hybridized carbons (Fsp3) is 0.167. The molecule has 3 N–H and O–H groups in total. The summed E-state index contributed by atoms with van der Waals surface area (Å²) in [7, 11) is 1.83. The van der Waals surface area contributed by atoms with Crippen LogP contribution in [0.1, 0.15) is 0 Å². The van der Waals surface area contributed by atoms with E-state index < -0.39 is 0 Å². The second kappa shape index (κ2) is 2.84. The van der Waals surface area contributed by atoms with E-state index in [1.807, 2.05) is 7.05 Å². The SMILES string of the molecule is Cn1ncc(-c2nc(N)n[nH]2)c1Br. The third-order valence-corrected chi connectivity index (χ3v) is 2.56. The maximum atomic E-state index is 5.38. The van der Waals surface area contributed by atoms with Crippen LogP contribution in [0.5, 0.6) is 0 Å². The molecule has 0 saturated heterocycles. The summed E-state index contributed by atoms with van der Waals surface area (Å²) in [6.07, 6.45) is 1.68. The van der Waals surface area contributed by atoms with Crippen molar-refractivity contribution in [3.05, 3.63) is 10.8 Å². The molecular formula is C6H7BrN6. The molecule has 0 radical (unpaired) electrons. The highest BCUT2D eigenvalue weighted by molar-refractivity contribution is 9.10. The van der Waals surface area contributed by atoms with Gasteiger partial charge in [0.05, 0.1) is 11.8 Å². The Hall–Kier alpha value is -1.37. The summed E-state index contributed by atoms with van der Waals surface area (Å²) in [5.41, 5.74) is 6.22. The van der Waals surface area contributed by atoms with Gasteiger partial charge in [0.1, 0.15) is 4.60 Å². The molecule has 0 fully saturated rings. The topological polar surface area (TPSA) is 85.4 Å². The quantitative estimate of drug-likeness (QED) is 0.765. The number of aromatic amines is 1. The van der Waals surface area contributed by atoms with Crippen molar-refractivity contribution in [2.45, 2.75) is 0 Å². The zero-order valence-corrected chi connectivity index (χ0v) is 8.41. The molecule has 2 heterocycles. The van der Waals surface area contributed by atoms with Gasteiger partial charge in [-0.1, -0.05) is 0 Å². The Bertz CT molecular complexity index is 430. The first-order chi connectivity index (χ1) is 6.18. The largest absolute Gasteiger partial charge is 0.366 e. The first-order valence-corrected chi connectivity index (χ1v) is 4.33. The molecule has 68 valence electrons. The van der Waals surface area contributed by atoms with Gasteiger partial charge in [-0.05, 0) is 15.9 Å². The van der Waals surface area contributed by atoms with Crippen molar-refractivity contribution in [2.75, 3.05) is 5.73 Å². The van der Waals surface area contributed by atoms with Crippen molar-refractivity contribution in [2.24, 2.45) is 7.05 Å². The number of nitrogens with two attached hydrogens (primary N) is 1. The van der Waals surface area contributed by atoms with Gasteiger partial charge in [0, 0.05) is 7.05 Å². The Labute approximate surface area is 82.3 Å². The number of aryl methyl sites for hydroxylation is 1. The molecule has 0 saturated carbocycles. The van der Waals surface area contributed by atoms with Crippen LogP contribution in [0.4, 0.5) is 5.95 Å². The monoisotopic (exact) mass is 242 g/mol. The van der Waals surface area contributed by atoms with E-state index in [9.17, 15) is 0 Å². The van der Waals surface area contributed by atoms with Crippen LogP contribution in [0.2, 0.25) is 0 Å². The second-order valence-corrected chi connectivity index (χ2v) is 3.27. The Morgan fingerprint density at radius 1 is 1.62 bits per heavy atom. The highest BCUT2D eigenvalue weighted by Crippen LogP contribution is 2.24. The van der Waals surface area contributed by atoms with Crippen molar-refractivity contribution in [1.29, 1.82) is 0 Å². The lowest BCUT2D eigenvalue weighted by Crippen LogP contribution is -1.89. The van der Waals surface area contributed by atoms with E-state index in [0.29, 0.717) is 5.82 Å². The van der Waals surface area contributed by atoms with Crippen molar-refractivity contribution in [3.8, 4) is 11.4 Å². The number of hydrogen-bond donors (Lipinski definition) is 2. The normalized spacial score (nSPS) is 10.6. The number of halogens is 1. The number of anilines is 1. The van der Waals surface area contributed by atoms with Crippen LogP contribution < -0.4 is 5.73 Å². The van der Waals surface area contributed by atoms with E-state index in [-0.39, 0.29) is 5.95 Å². The van der Waals surface area contributed by atoms with E-state index in [0.717, 1.165) is 10.2 Å². The average Bonchev–Trinajstić information content (AvgIpc) is 2.62. The van der Waals surface area contributed by atoms with Crippen molar-refractivity contribution in [3.63, 3.8) is 0 Å². The van der Waals surface area contributed by atoms with Crippen LogP contribution in [0.15, 0.2) is 10.8 Å². The summed E-state index contributed by atoms with van der Waals surface area (Å²) in [5, 5.41) is 10.5. The number of nitrogens with one attached hydrogen (secondary N) is 1. The second-order valence-electron chi connectivity index (χ2n) is 2.51. The van der Waals surface area contributed by atoms with E-state index in [4.69, 9.17) is 5.73 Å². The van der Waals surface area contributed by atoms with Crippen LogP contribution in [0, 0.1) is 0 Å². The number of nitrogen functional groups attached to an aromatic ring is 1. The Balaban J connectivity index is 2.52. The molecule has 13 heavy (non-hydrogen) atoms. The molecule has 6 nitrogen and oxygen atoms in total. The van der Waals surface area contributed by atoms with Gasteiger partial charge < -0.3 is 5.73 Å². The fourth-order valence-corrected chi connectivity index (χ4v) is 1.36. The van der Waals surface area contributed by atoms with Crippen molar-refractivity contribution in [1.82, 2.24) is 25.0 Å². The van der Waals surface area contributed by atoms with E-state index >= 15 is 0 Å². The first kappa shape index (κ1) is 8.24. The average molecular weight is 243 g/mol. The molecule has 2 rings (SSSR count). The summed E-state index contributed by atoms with van der Waals surface area (Å²) < 4.78 is 2.53. The molecule has 0 atom stereocenters. The summed E-state index contributed by atoms with van der Waals surface area (Å²) in [6.45, 7) is 0. The molecule has 0 spiro atoms. The van der Waals surface area contributed by atoms with E-state index in [1.54, 1.807) is 10.9 Å². The van der Waals surface area contributed by atoms with Crippen LogP contribution in [-0.2, 0) is 7.05 Å². The lowest BCUT2D eigenvalue weighted by Gasteiger charge is -1.92. The predicted molar refractivity (Wildman–Crippen MR) is 50.7 cm³/mol. The highest BCUT2D eigenvalue weighted by atomic mass is 79.9. The van der Waals surface area contributed by atoms with E-state index in [1.165, 1.54) is 0 Å². The van der Waals surface area contributed by atoms with Gasteiger partial charge in [-0.2, -0.15) is 10.1 Å². The molecule has 0 bridgehead atoms. The number of hydrogen-bond acceptors (Lipinski definition) is 4. The Morgan fingerprint density at radius 3 is 2.85 bits per heavy atom. The van der Waals surface area contributed by atoms with Gasteiger partial charge in [0.15, 0.2) is 5.82 Å². The minimum absolute atomic E-state index is 0.228. The van der Waals surface area contributed by atoms with Crippen LogP contribution in [-0.4, -0.2) is 25.0 Å². The molecule has 0 aliphatic rings. The fourth-order valence-electron chi connectivity index (χ4n) is 0.977. The third-order valence-electron chi connectivity index (χ3n) is 1.62. The summed E-state index contributed by atoms with van der Waals surface area (Å²) in [4.78, 5) is 3.98. The lowest BCUT2D eigenvalue weighted by molar-refractivity contribution is 0.750. The third kappa shape index (κ3) is 1.31. The number of H-pyrrole nitrogens is 1. The smallest absolute Gasteiger partial charge is 0.239 e. The molecule has 7 heteroatoms. The molecule has 0 unspecified atom stereocenters. The summed E-state index contributed by atoms with van der Waals surface area (Å²) in [5.74, 6) is 0.836. The number of rotatable bonds is 1. The number of nitrogens with zero attached hydrogens (tertiary/aromatic N) is 4. The predicted octanol–water partition coefficient (Wildman–Crippen LogP) is 0.550. The van der Waals surface area contributed by atoms with Crippen LogP contribution in [0.25, 0.3) is 11.4 Å². The first-order valence-electron chi connectivity index (χ1n) is 3.54. The molecule has 0 aliphatic heterocycles. The summed E-state index contributed by atoms with van der Waals surface area (Å²) in [6, 6.07) is 0. The van der Waals surface area contributed by atoms with Crippen LogP contribution >= 0.6 is 15.9 Å².